The van der Waals surface area contributed by atoms with E-state index < -0.39 is 10.0 Å². The number of rotatable bonds is 5. The molecule has 0 saturated carbocycles. The molecule has 0 aliphatic heterocycles. The zero-order chi connectivity index (χ0) is 15.6. The first-order valence-corrected chi connectivity index (χ1v) is 7.94. The second-order valence-electron chi connectivity index (χ2n) is 4.92. The fraction of sp³-hybridized carbons (Fsp3) is 0.286. The highest BCUT2D eigenvalue weighted by atomic mass is 32.2. The van der Waals surface area contributed by atoms with Gasteiger partial charge in [0.2, 0.25) is 10.0 Å². The molecule has 0 fully saturated rings. The van der Waals surface area contributed by atoms with Crippen LogP contribution in [0.3, 0.4) is 0 Å². The van der Waals surface area contributed by atoms with Crippen LogP contribution in [0.2, 0.25) is 0 Å². The number of benzene rings is 1. The lowest BCUT2D eigenvalue weighted by atomic mass is 10.1. The third-order valence-corrected chi connectivity index (χ3v) is 4.83. The molecule has 0 bridgehead atoms. The van der Waals surface area contributed by atoms with Crippen LogP contribution in [-0.2, 0) is 16.6 Å². The second-order valence-corrected chi connectivity index (χ2v) is 6.62. The standard InChI is InChI=1S/C14H19N3O3S/c1-9-6-12(17-15)7-10(2)14(9)21(18,19)16-8-13-5-4-11(3)20-13/h4-7,16-17H,8,15H2,1-3H3. The van der Waals surface area contributed by atoms with Gasteiger partial charge in [-0.05, 0) is 56.2 Å². The number of hydrogen-bond acceptors (Lipinski definition) is 5. The Labute approximate surface area is 124 Å². The van der Waals surface area contributed by atoms with Crippen molar-refractivity contribution in [1.29, 1.82) is 0 Å². The molecule has 21 heavy (non-hydrogen) atoms. The van der Waals surface area contributed by atoms with Crippen molar-refractivity contribution in [3.05, 3.63) is 46.9 Å². The van der Waals surface area contributed by atoms with E-state index in [4.69, 9.17) is 10.3 Å². The SMILES string of the molecule is Cc1ccc(CNS(=O)(=O)c2c(C)cc(NN)cc2C)o1. The molecule has 0 unspecified atom stereocenters. The average molecular weight is 309 g/mol. The minimum Gasteiger partial charge on any atom is -0.465 e. The van der Waals surface area contributed by atoms with Crippen molar-refractivity contribution in [1.82, 2.24) is 4.72 Å². The van der Waals surface area contributed by atoms with Crippen LogP contribution in [0.4, 0.5) is 5.69 Å². The first kappa shape index (κ1) is 15.6. The predicted molar refractivity (Wildman–Crippen MR) is 81.2 cm³/mol. The molecule has 0 aliphatic rings. The molecule has 0 spiro atoms. The molecule has 0 atom stereocenters. The summed E-state index contributed by atoms with van der Waals surface area (Å²) in [7, 11) is -3.61. The van der Waals surface area contributed by atoms with Gasteiger partial charge < -0.3 is 9.84 Å². The summed E-state index contributed by atoms with van der Waals surface area (Å²) >= 11 is 0. The Kier molecular flexibility index (Phi) is 4.36. The Balaban J connectivity index is 2.27. The van der Waals surface area contributed by atoms with E-state index in [1.165, 1.54) is 0 Å². The number of hydrazine groups is 1. The van der Waals surface area contributed by atoms with Crippen molar-refractivity contribution < 1.29 is 12.8 Å². The van der Waals surface area contributed by atoms with Gasteiger partial charge in [-0.15, -0.1) is 0 Å². The van der Waals surface area contributed by atoms with E-state index in [2.05, 4.69) is 10.1 Å². The van der Waals surface area contributed by atoms with Crippen LogP contribution in [0.5, 0.6) is 0 Å². The Hall–Kier alpha value is -1.83. The van der Waals surface area contributed by atoms with Gasteiger partial charge >= 0.3 is 0 Å². The first-order chi connectivity index (χ1) is 9.83. The summed E-state index contributed by atoms with van der Waals surface area (Å²) in [5.41, 5.74) is 4.45. The van der Waals surface area contributed by atoms with E-state index in [9.17, 15) is 8.42 Å². The summed E-state index contributed by atoms with van der Waals surface area (Å²) < 4.78 is 32.8. The van der Waals surface area contributed by atoms with Gasteiger partial charge in [0.1, 0.15) is 11.5 Å². The topological polar surface area (TPSA) is 97.4 Å². The van der Waals surface area contributed by atoms with Crippen molar-refractivity contribution >= 4 is 15.7 Å². The minimum absolute atomic E-state index is 0.117. The van der Waals surface area contributed by atoms with Crippen LogP contribution in [0.1, 0.15) is 22.6 Å². The van der Waals surface area contributed by atoms with E-state index in [1.54, 1.807) is 38.1 Å². The number of nitrogens with one attached hydrogen (secondary N) is 2. The Bertz CT molecular complexity index is 728. The summed E-state index contributed by atoms with van der Waals surface area (Å²) in [5.74, 6) is 6.68. The summed E-state index contributed by atoms with van der Waals surface area (Å²) in [6, 6.07) is 6.93. The number of sulfonamides is 1. The highest BCUT2D eigenvalue weighted by molar-refractivity contribution is 7.89. The maximum atomic E-state index is 12.4. The van der Waals surface area contributed by atoms with E-state index in [1.807, 2.05) is 6.92 Å². The van der Waals surface area contributed by atoms with Crippen LogP contribution >= 0.6 is 0 Å². The van der Waals surface area contributed by atoms with Crippen molar-refractivity contribution in [3.8, 4) is 0 Å². The number of nitrogen functional groups attached to an aromatic ring is 1. The number of nitrogens with two attached hydrogens (primary N) is 1. The van der Waals surface area contributed by atoms with Gasteiger partial charge in [0.15, 0.2) is 0 Å². The predicted octanol–water partition coefficient (Wildman–Crippen LogP) is 1.97. The quantitative estimate of drug-likeness (QED) is 0.579. The molecule has 1 aromatic carbocycles. The monoisotopic (exact) mass is 309 g/mol. The molecule has 0 radical (unpaired) electrons. The molecule has 0 amide bonds. The molecule has 114 valence electrons. The van der Waals surface area contributed by atoms with Crippen LogP contribution in [0, 0.1) is 20.8 Å². The third-order valence-electron chi connectivity index (χ3n) is 3.13. The Morgan fingerprint density at radius 1 is 1.14 bits per heavy atom. The van der Waals surface area contributed by atoms with E-state index in [0.29, 0.717) is 22.6 Å². The molecule has 0 saturated heterocycles. The van der Waals surface area contributed by atoms with E-state index in [-0.39, 0.29) is 11.4 Å². The van der Waals surface area contributed by atoms with Gasteiger partial charge in [-0.3, -0.25) is 5.84 Å². The zero-order valence-corrected chi connectivity index (χ0v) is 13.0. The highest BCUT2D eigenvalue weighted by Crippen LogP contribution is 2.24. The molecule has 4 N–H and O–H groups in total. The Morgan fingerprint density at radius 2 is 1.76 bits per heavy atom. The van der Waals surface area contributed by atoms with E-state index in [0.717, 1.165) is 5.76 Å². The molecule has 1 aromatic heterocycles. The van der Waals surface area contributed by atoms with Gasteiger partial charge in [-0.2, -0.15) is 0 Å². The van der Waals surface area contributed by atoms with Crippen LogP contribution in [0.15, 0.2) is 33.6 Å². The molecule has 7 heteroatoms. The van der Waals surface area contributed by atoms with Gasteiger partial charge in [-0.25, -0.2) is 13.1 Å². The molecular formula is C14H19N3O3S. The molecule has 1 heterocycles. The number of aryl methyl sites for hydroxylation is 3. The molecule has 2 aromatic rings. The van der Waals surface area contributed by atoms with Crippen molar-refractivity contribution in [2.45, 2.75) is 32.2 Å². The molecular weight excluding hydrogens is 290 g/mol. The highest BCUT2D eigenvalue weighted by Gasteiger charge is 2.20. The molecule has 0 aliphatic carbocycles. The second kappa shape index (κ2) is 5.88. The number of anilines is 1. The van der Waals surface area contributed by atoms with Crippen molar-refractivity contribution in [3.63, 3.8) is 0 Å². The van der Waals surface area contributed by atoms with Gasteiger partial charge in [0.05, 0.1) is 11.4 Å². The summed E-state index contributed by atoms with van der Waals surface area (Å²) in [6.45, 7) is 5.40. The maximum absolute atomic E-state index is 12.4. The van der Waals surface area contributed by atoms with Gasteiger partial charge in [-0.1, -0.05) is 0 Å². The van der Waals surface area contributed by atoms with Crippen molar-refractivity contribution in [2.75, 3.05) is 5.43 Å². The smallest absolute Gasteiger partial charge is 0.241 e. The van der Waals surface area contributed by atoms with Crippen molar-refractivity contribution in [2.24, 2.45) is 5.84 Å². The zero-order valence-electron chi connectivity index (χ0n) is 12.2. The molecule has 6 nitrogen and oxygen atoms in total. The first-order valence-electron chi connectivity index (χ1n) is 6.46. The van der Waals surface area contributed by atoms with Crippen LogP contribution in [-0.4, -0.2) is 8.42 Å². The summed E-state index contributed by atoms with van der Waals surface area (Å²) in [5, 5.41) is 0. The lowest BCUT2D eigenvalue weighted by Crippen LogP contribution is -2.25. The summed E-state index contributed by atoms with van der Waals surface area (Å²) in [6.07, 6.45) is 0. The largest absolute Gasteiger partial charge is 0.465 e. The van der Waals surface area contributed by atoms with Crippen LogP contribution < -0.4 is 16.0 Å². The average Bonchev–Trinajstić information content (AvgIpc) is 2.81. The fourth-order valence-electron chi connectivity index (χ4n) is 2.28. The summed E-state index contributed by atoms with van der Waals surface area (Å²) in [4.78, 5) is 0.268. The lowest BCUT2D eigenvalue weighted by Gasteiger charge is -2.13. The van der Waals surface area contributed by atoms with E-state index >= 15 is 0 Å². The maximum Gasteiger partial charge on any atom is 0.241 e. The minimum atomic E-state index is -3.61. The van der Waals surface area contributed by atoms with Gasteiger partial charge in [0, 0.05) is 5.69 Å². The fourth-order valence-corrected chi connectivity index (χ4v) is 3.72. The third kappa shape index (κ3) is 3.44. The lowest BCUT2D eigenvalue weighted by molar-refractivity contribution is 0.475. The number of hydrogen-bond donors (Lipinski definition) is 3. The normalized spacial score (nSPS) is 11.6. The molecule has 2 rings (SSSR count). The van der Waals surface area contributed by atoms with Crippen LogP contribution in [0.25, 0.3) is 0 Å². The Morgan fingerprint density at radius 3 is 2.24 bits per heavy atom. The van der Waals surface area contributed by atoms with Gasteiger partial charge in [0.25, 0.3) is 0 Å². The number of furan rings is 1.